The Kier molecular flexibility index (Phi) is 33.2. The van der Waals surface area contributed by atoms with Gasteiger partial charge in [0, 0.05) is 72.8 Å². The summed E-state index contributed by atoms with van der Waals surface area (Å²) in [5, 5.41) is 33.9. The molecular weight excluding hydrogens is 1010 g/mol. The third-order valence-electron chi connectivity index (χ3n) is 13.6. The fraction of sp³-hybridized carbons (Fsp3) is 0.477. The molecule has 4 aromatic carbocycles. The van der Waals surface area contributed by atoms with Gasteiger partial charge in [-0.15, -0.1) is 0 Å². The van der Waals surface area contributed by atoms with Gasteiger partial charge in [-0.3, -0.25) is 19.2 Å². The fourth-order valence-corrected chi connectivity index (χ4v) is 7.20. The van der Waals surface area contributed by atoms with Crippen LogP contribution in [-0.2, 0) is 43.0 Å². The predicted octanol–water partition coefficient (Wildman–Crippen LogP) is 14.1. The number of hydrogen-bond acceptors (Lipinski definition) is 10. The lowest BCUT2D eigenvalue weighted by atomic mass is 10.1. The number of para-hydroxylation sites is 4. The van der Waals surface area contributed by atoms with E-state index in [0.29, 0.717) is 30.6 Å². The number of rotatable bonds is 21. The zero-order valence-electron chi connectivity index (χ0n) is 50.2. The minimum absolute atomic E-state index is 0.00171. The second-order valence-electron chi connectivity index (χ2n) is 20.1. The van der Waals surface area contributed by atoms with Crippen LogP contribution in [-0.4, -0.2) is 92.7 Å². The van der Waals surface area contributed by atoms with Gasteiger partial charge < -0.3 is 44.0 Å². The van der Waals surface area contributed by atoms with Crippen LogP contribution in [0.3, 0.4) is 0 Å². The number of nitrogens with one attached hydrogen (secondary N) is 1. The van der Waals surface area contributed by atoms with Crippen LogP contribution < -0.4 is 5.32 Å². The molecule has 0 bridgehead atoms. The summed E-state index contributed by atoms with van der Waals surface area (Å²) in [5.41, 5.74) is 6.02. The van der Waals surface area contributed by atoms with E-state index in [2.05, 4.69) is 152 Å². The van der Waals surface area contributed by atoms with Crippen LogP contribution in [0, 0.1) is 23.7 Å². The van der Waals surface area contributed by atoms with E-state index in [-0.39, 0.29) is 60.9 Å². The molecule has 0 aliphatic heterocycles. The number of fused-ring (bicyclic) bond motifs is 6. The number of benzene rings is 4. The maximum absolute atomic E-state index is 11.3. The van der Waals surface area contributed by atoms with Gasteiger partial charge in [0.15, 0.2) is 0 Å². The minimum Gasteiger partial charge on any atom is -0.481 e. The number of aliphatic hydroxyl groups is 1. The average Bonchev–Trinajstić information content (AvgIpc) is 3.99. The van der Waals surface area contributed by atoms with E-state index in [0.717, 1.165) is 32.1 Å². The first-order chi connectivity index (χ1) is 37.9. The smallest absolute Gasteiger partial charge is 0.333 e. The molecule has 440 valence electrons. The van der Waals surface area contributed by atoms with E-state index in [1.807, 2.05) is 34.6 Å². The van der Waals surface area contributed by atoms with E-state index in [4.69, 9.17) is 24.4 Å². The third kappa shape index (κ3) is 23.2. The first-order valence-corrected chi connectivity index (χ1v) is 28.1. The van der Waals surface area contributed by atoms with E-state index >= 15 is 0 Å². The summed E-state index contributed by atoms with van der Waals surface area (Å²) in [7, 11) is 0. The molecule has 0 saturated heterocycles. The number of carboxylic acid groups (broad SMARTS) is 2. The van der Waals surface area contributed by atoms with Crippen molar-refractivity contribution in [3.63, 3.8) is 0 Å². The normalized spacial score (nSPS) is 13.1. The Hall–Kier alpha value is -7.26. The highest BCUT2D eigenvalue weighted by Crippen LogP contribution is 2.33. The van der Waals surface area contributed by atoms with Crippen LogP contribution in [0.4, 0.5) is 0 Å². The lowest BCUT2D eigenvalue weighted by Gasteiger charge is -2.14. The molecule has 7 unspecified atom stereocenters. The van der Waals surface area contributed by atoms with Crippen molar-refractivity contribution in [1.29, 1.82) is 0 Å². The van der Waals surface area contributed by atoms with Crippen molar-refractivity contribution in [2.75, 3.05) is 26.4 Å². The van der Waals surface area contributed by atoms with Gasteiger partial charge in [-0.25, -0.2) is 9.59 Å². The average molecular weight is 1110 g/mol. The number of amides is 1. The third-order valence-corrected chi connectivity index (χ3v) is 13.6. The van der Waals surface area contributed by atoms with Crippen LogP contribution in [0.15, 0.2) is 121 Å². The van der Waals surface area contributed by atoms with Crippen molar-refractivity contribution < 1.29 is 58.3 Å². The quantitative estimate of drug-likeness (QED) is 0.0229. The first kappa shape index (κ1) is 70.8. The monoisotopic (exact) mass is 1110 g/mol. The van der Waals surface area contributed by atoms with E-state index in [9.17, 15) is 33.9 Å². The highest BCUT2D eigenvalue weighted by atomic mass is 16.6. The van der Waals surface area contributed by atoms with Crippen LogP contribution in [0.2, 0.25) is 0 Å². The van der Waals surface area contributed by atoms with Crippen molar-refractivity contribution >= 4 is 79.4 Å². The predicted molar refractivity (Wildman–Crippen MR) is 324 cm³/mol. The van der Waals surface area contributed by atoms with Crippen molar-refractivity contribution in [2.24, 2.45) is 23.7 Å². The molecule has 80 heavy (non-hydrogen) atoms. The molecule has 15 heteroatoms. The summed E-state index contributed by atoms with van der Waals surface area (Å²) < 4.78 is 19.3. The number of carbonyl (C=O) groups is 6. The number of nitrogens with zero attached hydrogens (tertiary/aromatic N) is 2. The Morgan fingerprint density at radius 2 is 0.787 bits per heavy atom. The maximum atomic E-state index is 11.3. The van der Waals surface area contributed by atoms with Crippen LogP contribution in [0.5, 0.6) is 0 Å². The SMILES string of the molecule is C=C(C)C(=O)OCC(O)COC(=O)C(C)CC.C=C(C)C(=O)OCCNC(=O)C(C)CC.CCC(C)C(=O)O.CCC(C)C(=O)O.CCC(C)n1c2ccccc2c2ccccc21.CCC(C)n1c2ccccc2c2ccccc21. The summed E-state index contributed by atoms with van der Waals surface area (Å²) in [4.78, 5) is 64.4. The second kappa shape index (κ2) is 37.6. The van der Waals surface area contributed by atoms with Crippen molar-refractivity contribution in [3.8, 4) is 0 Å². The van der Waals surface area contributed by atoms with E-state index in [1.165, 1.54) is 50.5 Å². The van der Waals surface area contributed by atoms with Crippen molar-refractivity contribution in [3.05, 3.63) is 121 Å². The number of aromatic nitrogens is 2. The second-order valence-corrected chi connectivity index (χ2v) is 20.1. The zero-order valence-corrected chi connectivity index (χ0v) is 50.2. The molecular formula is C65H93N3O12. The number of esters is 3. The first-order valence-electron chi connectivity index (χ1n) is 28.1. The van der Waals surface area contributed by atoms with Crippen LogP contribution in [0.1, 0.15) is 148 Å². The molecule has 2 aromatic heterocycles. The summed E-state index contributed by atoms with van der Waals surface area (Å²) >= 11 is 0. The molecule has 6 aromatic rings. The Labute approximate surface area is 475 Å². The Morgan fingerprint density at radius 1 is 0.475 bits per heavy atom. The summed E-state index contributed by atoms with van der Waals surface area (Å²) in [6.45, 7) is 33.7. The Balaban J connectivity index is 0.000000495. The summed E-state index contributed by atoms with van der Waals surface area (Å²) in [5.74, 6) is -3.33. The lowest BCUT2D eigenvalue weighted by molar-refractivity contribution is -0.154. The van der Waals surface area contributed by atoms with Gasteiger partial charge in [-0.05, 0) is 90.5 Å². The molecule has 0 saturated carbocycles. The fourth-order valence-electron chi connectivity index (χ4n) is 7.20. The minimum atomic E-state index is -1.01. The van der Waals surface area contributed by atoms with Gasteiger partial charge in [-0.1, -0.05) is 155 Å². The molecule has 7 atom stereocenters. The van der Waals surface area contributed by atoms with E-state index < -0.39 is 30.0 Å². The summed E-state index contributed by atoms with van der Waals surface area (Å²) in [6, 6.07) is 35.8. The largest absolute Gasteiger partial charge is 0.481 e. The molecule has 0 fully saturated rings. The number of aliphatic hydroxyl groups excluding tert-OH is 1. The van der Waals surface area contributed by atoms with Gasteiger partial charge in [0.05, 0.1) is 24.3 Å². The number of carboxylic acids is 2. The van der Waals surface area contributed by atoms with Crippen LogP contribution in [0.25, 0.3) is 43.6 Å². The van der Waals surface area contributed by atoms with Gasteiger partial charge >= 0.3 is 29.8 Å². The number of aliphatic carboxylic acids is 2. The molecule has 4 N–H and O–H groups in total. The van der Waals surface area contributed by atoms with Gasteiger partial charge in [0.2, 0.25) is 5.91 Å². The highest BCUT2D eigenvalue weighted by Gasteiger charge is 2.17. The van der Waals surface area contributed by atoms with Crippen molar-refractivity contribution in [2.45, 2.75) is 154 Å². The molecule has 0 aliphatic carbocycles. The zero-order chi connectivity index (χ0) is 60.6. The molecule has 2 heterocycles. The lowest BCUT2D eigenvalue weighted by Crippen LogP contribution is -2.32. The molecule has 0 spiro atoms. The van der Waals surface area contributed by atoms with Crippen molar-refractivity contribution in [1.82, 2.24) is 14.5 Å². The molecule has 0 radical (unpaired) electrons. The number of ether oxygens (including phenoxy) is 3. The Morgan fingerprint density at radius 3 is 1.07 bits per heavy atom. The summed E-state index contributed by atoms with van der Waals surface area (Å²) in [6.07, 6.45) is 4.22. The van der Waals surface area contributed by atoms with E-state index in [1.54, 1.807) is 27.7 Å². The molecule has 0 aliphatic rings. The number of carbonyl (C=O) groups excluding carboxylic acids is 4. The topological polar surface area (TPSA) is 213 Å². The highest BCUT2D eigenvalue weighted by molar-refractivity contribution is 6.09. The standard InChI is InChI=1S/2C16H17N.C12H20O5.C11H19NO3.2C5H10O2/c2*1-3-12(2)17-15-10-6-4-8-13(15)14-9-5-7-11-16(14)17;1-5-9(4)12(15)17-7-10(13)6-16-11(14)8(2)3;1-5-9(4)10(13)12-6-7-15-11(14)8(2)3;2*1-3-4(2)5(6)7/h2*4-12H,3H2,1-2H3;9-10,13H,2,5-7H2,1,3-4H3;9H,2,5-7H2,1,3-4H3,(H,12,13);2*4H,3H2,1-2H3,(H,6,7). The van der Waals surface area contributed by atoms with Gasteiger partial charge in [-0.2, -0.15) is 0 Å². The van der Waals surface area contributed by atoms with Gasteiger partial charge in [0.1, 0.15) is 25.9 Å². The Bertz CT molecular complexity index is 2650. The van der Waals surface area contributed by atoms with Gasteiger partial charge in [0.25, 0.3) is 0 Å². The van der Waals surface area contributed by atoms with Crippen LogP contribution >= 0.6 is 0 Å². The molecule has 15 nitrogen and oxygen atoms in total. The molecule has 6 rings (SSSR count). The molecule has 1 amide bonds. The number of hydrogen-bond donors (Lipinski definition) is 4. The maximum Gasteiger partial charge on any atom is 0.333 e.